The number of rotatable bonds is 6. The quantitative estimate of drug-likeness (QED) is 0.474. The number of carbonyl (C=O) groups is 1. The molecule has 1 fully saturated rings. The number of halogens is 1. The van der Waals surface area contributed by atoms with Crippen LogP contribution in [0.15, 0.2) is 41.1 Å². The maximum Gasteiger partial charge on any atom is 0.252 e. The summed E-state index contributed by atoms with van der Waals surface area (Å²) >= 11 is 0. The molecule has 3 heterocycles. The van der Waals surface area contributed by atoms with E-state index in [0.717, 1.165) is 43.1 Å². The van der Waals surface area contributed by atoms with Crippen molar-refractivity contribution in [3.63, 3.8) is 0 Å². The monoisotopic (exact) mass is 424 g/mol. The van der Waals surface area contributed by atoms with E-state index >= 15 is 0 Å². The Balaban J connectivity index is 1.64. The number of hydrogen-bond acceptors (Lipinski definition) is 7. The zero-order valence-corrected chi connectivity index (χ0v) is 17.2. The molecule has 0 saturated heterocycles. The molecule has 0 spiro atoms. The lowest BCUT2D eigenvalue weighted by Crippen LogP contribution is -2.43. The van der Waals surface area contributed by atoms with E-state index in [4.69, 9.17) is 15.9 Å². The molecule has 4 rings (SSSR count). The summed E-state index contributed by atoms with van der Waals surface area (Å²) in [5.41, 5.74) is 12.9. The van der Waals surface area contributed by atoms with E-state index in [0.29, 0.717) is 11.4 Å². The summed E-state index contributed by atoms with van der Waals surface area (Å²) < 4.78 is 20.3. The van der Waals surface area contributed by atoms with E-state index in [-0.39, 0.29) is 29.3 Å². The lowest BCUT2D eigenvalue weighted by Gasteiger charge is -2.30. The van der Waals surface area contributed by atoms with Gasteiger partial charge in [-0.05, 0) is 44.0 Å². The van der Waals surface area contributed by atoms with E-state index in [1.165, 1.54) is 0 Å². The predicted octanol–water partition coefficient (Wildman–Crippen LogP) is 3.71. The van der Waals surface area contributed by atoms with Gasteiger partial charge in [0, 0.05) is 23.8 Å². The van der Waals surface area contributed by atoms with Crippen LogP contribution in [0.4, 0.5) is 21.7 Å². The Hall–Kier alpha value is -3.46. The van der Waals surface area contributed by atoms with Gasteiger partial charge in [0.2, 0.25) is 0 Å². The first-order valence-electron chi connectivity index (χ1n) is 10.2. The molecular weight excluding hydrogens is 399 g/mol. The first-order valence-corrected chi connectivity index (χ1v) is 10.2. The molecule has 1 amide bonds. The van der Waals surface area contributed by atoms with Crippen LogP contribution in [0.5, 0.6) is 0 Å². The van der Waals surface area contributed by atoms with Gasteiger partial charge in [0.25, 0.3) is 5.91 Å². The van der Waals surface area contributed by atoms with Crippen LogP contribution in [0, 0.1) is 12.7 Å². The minimum atomic E-state index is -0.791. The first-order chi connectivity index (χ1) is 14.9. The van der Waals surface area contributed by atoms with Gasteiger partial charge < -0.3 is 26.5 Å². The lowest BCUT2D eigenvalue weighted by atomic mass is 9.91. The van der Waals surface area contributed by atoms with E-state index in [1.54, 1.807) is 18.5 Å². The minimum absolute atomic E-state index is 0.0284. The maximum atomic E-state index is 14.7. The number of aromatic nitrogens is 2. The van der Waals surface area contributed by atoms with Crippen LogP contribution >= 0.6 is 0 Å². The van der Waals surface area contributed by atoms with E-state index in [9.17, 15) is 9.18 Å². The third kappa shape index (κ3) is 4.66. The minimum Gasteiger partial charge on any atom is -0.461 e. The van der Waals surface area contributed by atoms with Gasteiger partial charge >= 0.3 is 0 Å². The normalized spacial score (nSPS) is 18.5. The molecule has 1 aliphatic rings. The van der Waals surface area contributed by atoms with Crippen molar-refractivity contribution >= 4 is 23.2 Å². The largest absolute Gasteiger partial charge is 0.461 e. The Morgan fingerprint density at radius 2 is 2.00 bits per heavy atom. The summed E-state index contributed by atoms with van der Waals surface area (Å²) in [6.07, 6.45) is 7.00. The number of aryl methyl sites for hydroxylation is 1. The van der Waals surface area contributed by atoms with Gasteiger partial charge in [-0.15, -0.1) is 0 Å². The molecule has 3 aromatic rings. The molecule has 1 saturated carbocycles. The summed E-state index contributed by atoms with van der Waals surface area (Å²) in [6, 6.07) is 6.41. The Bertz CT molecular complexity index is 1100. The zero-order chi connectivity index (χ0) is 22.0. The van der Waals surface area contributed by atoms with Crippen molar-refractivity contribution in [1.29, 1.82) is 0 Å². The summed E-state index contributed by atoms with van der Waals surface area (Å²) in [7, 11) is 0. The highest BCUT2D eigenvalue weighted by atomic mass is 19.1. The number of carbonyl (C=O) groups excluding carboxylic acids is 1. The van der Waals surface area contributed by atoms with Gasteiger partial charge in [-0.3, -0.25) is 9.78 Å². The van der Waals surface area contributed by atoms with Gasteiger partial charge in [0.05, 0.1) is 17.4 Å². The van der Waals surface area contributed by atoms with Crippen molar-refractivity contribution in [1.82, 2.24) is 9.97 Å². The van der Waals surface area contributed by atoms with Crippen LogP contribution in [-0.2, 0) is 0 Å². The number of hydrogen-bond donors (Lipinski definition) is 4. The number of amides is 1. The van der Waals surface area contributed by atoms with E-state index in [1.807, 2.05) is 19.1 Å². The lowest BCUT2D eigenvalue weighted by molar-refractivity contribution is 0.100. The average Bonchev–Trinajstić information content (AvgIpc) is 3.18. The molecule has 6 N–H and O–H groups in total. The molecule has 162 valence electrons. The van der Waals surface area contributed by atoms with Crippen LogP contribution in [0.1, 0.15) is 41.8 Å². The van der Waals surface area contributed by atoms with Gasteiger partial charge in [0.1, 0.15) is 17.3 Å². The zero-order valence-electron chi connectivity index (χ0n) is 17.2. The molecule has 0 bridgehead atoms. The number of nitrogens with zero attached hydrogens (tertiary/aromatic N) is 2. The molecule has 1 aliphatic carbocycles. The average molecular weight is 424 g/mol. The number of pyridine rings is 2. The summed E-state index contributed by atoms with van der Waals surface area (Å²) in [4.78, 5) is 20.4. The molecule has 8 nitrogen and oxygen atoms in total. The van der Waals surface area contributed by atoms with Crippen molar-refractivity contribution in [2.75, 3.05) is 10.6 Å². The van der Waals surface area contributed by atoms with Crippen LogP contribution in [0.3, 0.4) is 0 Å². The maximum absolute atomic E-state index is 14.7. The van der Waals surface area contributed by atoms with Gasteiger partial charge in [-0.1, -0.05) is 12.8 Å². The summed E-state index contributed by atoms with van der Waals surface area (Å²) in [6.45, 7) is 1.85. The Labute approximate surface area is 179 Å². The smallest absolute Gasteiger partial charge is 0.252 e. The second-order valence-corrected chi connectivity index (χ2v) is 7.78. The molecule has 2 unspecified atom stereocenters. The van der Waals surface area contributed by atoms with Crippen LogP contribution in [0.25, 0.3) is 11.3 Å². The van der Waals surface area contributed by atoms with Gasteiger partial charge in [-0.2, -0.15) is 0 Å². The number of nitrogens with one attached hydrogen (secondary N) is 2. The third-order valence-electron chi connectivity index (χ3n) is 5.41. The number of nitrogens with two attached hydrogens (primary N) is 2. The Morgan fingerprint density at radius 1 is 1.19 bits per heavy atom. The van der Waals surface area contributed by atoms with Crippen LogP contribution in [0.2, 0.25) is 0 Å². The topological polar surface area (TPSA) is 132 Å². The Kier molecular flexibility index (Phi) is 5.85. The third-order valence-corrected chi connectivity index (χ3v) is 5.41. The number of primary amides is 1. The van der Waals surface area contributed by atoms with Gasteiger partial charge in [0.15, 0.2) is 11.6 Å². The van der Waals surface area contributed by atoms with E-state index in [2.05, 4.69) is 20.6 Å². The van der Waals surface area contributed by atoms with Crippen molar-refractivity contribution in [3.05, 3.63) is 53.8 Å². The Morgan fingerprint density at radius 3 is 2.71 bits per heavy atom. The standard InChI is InChI=1S/C22H25FN6O2/c1-12-6-7-19(31-12)13-8-14(11-26-10-13)27-21-15(20(25)30)9-16(23)22(29-21)28-18-5-3-2-4-17(18)24/h6-11,17-18H,2-5,24H2,1H3,(H2,25,30)(H2,27,28,29). The summed E-state index contributed by atoms with van der Waals surface area (Å²) in [5.74, 6) is 0.150. The molecule has 3 aromatic heterocycles. The summed E-state index contributed by atoms with van der Waals surface area (Å²) in [5, 5.41) is 6.13. The highest BCUT2D eigenvalue weighted by Gasteiger charge is 2.24. The second-order valence-electron chi connectivity index (χ2n) is 7.78. The molecule has 2 atom stereocenters. The van der Waals surface area contributed by atoms with Crippen molar-refractivity contribution in [3.8, 4) is 11.3 Å². The van der Waals surface area contributed by atoms with Gasteiger partial charge in [-0.25, -0.2) is 9.37 Å². The highest BCUT2D eigenvalue weighted by Crippen LogP contribution is 2.28. The van der Waals surface area contributed by atoms with Crippen molar-refractivity contribution in [2.45, 2.75) is 44.7 Å². The SMILES string of the molecule is Cc1ccc(-c2cncc(Nc3nc(NC4CCCCC4N)c(F)cc3C(N)=O)c2)o1. The molecule has 31 heavy (non-hydrogen) atoms. The van der Waals surface area contributed by atoms with Crippen molar-refractivity contribution < 1.29 is 13.6 Å². The number of furan rings is 1. The molecule has 0 radical (unpaired) electrons. The fourth-order valence-corrected chi connectivity index (χ4v) is 3.76. The fraction of sp³-hybridized carbons (Fsp3) is 0.318. The van der Waals surface area contributed by atoms with Crippen LogP contribution < -0.4 is 22.1 Å². The van der Waals surface area contributed by atoms with E-state index < -0.39 is 11.7 Å². The highest BCUT2D eigenvalue weighted by molar-refractivity contribution is 5.98. The van der Waals surface area contributed by atoms with Crippen molar-refractivity contribution in [2.24, 2.45) is 11.5 Å². The molecule has 9 heteroatoms. The molecular formula is C22H25FN6O2. The molecule has 0 aliphatic heterocycles. The van der Waals surface area contributed by atoms with Crippen LogP contribution in [-0.4, -0.2) is 28.0 Å². The second kappa shape index (κ2) is 8.73. The number of anilines is 3. The first kappa shape index (κ1) is 20.8. The fourth-order valence-electron chi connectivity index (χ4n) is 3.76. The predicted molar refractivity (Wildman–Crippen MR) is 117 cm³/mol. The molecule has 0 aromatic carbocycles.